The molecule has 92 valence electrons. The topological polar surface area (TPSA) is 41.1 Å². The fraction of sp³-hybridized carbons (Fsp3) is 0.923. The van der Waals surface area contributed by atoms with Gasteiger partial charge in [0.1, 0.15) is 0 Å². The van der Waals surface area contributed by atoms with Crippen molar-refractivity contribution in [3.63, 3.8) is 0 Å². The number of fused-ring (bicyclic) bond motifs is 2. The van der Waals surface area contributed by atoms with Crippen LogP contribution in [0.2, 0.25) is 0 Å². The van der Waals surface area contributed by atoms with Crippen LogP contribution in [0.5, 0.6) is 0 Å². The quantitative estimate of drug-likeness (QED) is 0.703. The average molecular weight is 224 g/mol. The minimum atomic E-state index is -0.00762. The Kier molecular flexibility index (Phi) is 3.85. The van der Waals surface area contributed by atoms with Crippen molar-refractivity contribution in [3.05, 3.63) is 0 Å². The Hall–Kier alpha value is -0.570. The Bertz CT molecular complexity index is 254. The lowest BCUT2D eigenvalue weighted by Gasteiger charge is -2.23. The van der Waals surface area contributed by atoms with Gasteiger partial charge in [0, 0.05) is 13.0 Å². The van der Waals surface area contributed by atoms with E-state index in [0.29, 0.717) is 6.04 Å². The highest BCUT2D eigenvalue weighted by Gasteiger charge is 2.38. The Morgan fingerprint density at radius 3 is 2.75 bits per heavy atom. The van der Waals surface area contributed by atoms with Crippen molar-refractivity contribution in [2.45, 2.75) is 58.4 Å². The van der Waals surface area contributed by atoms with Gasteiger partial charge in [0.05, 0.1) is 0 Å². The molecule has 3 heteroatoms. The second kappa shape index (κ2) is 5.17. The van der Waals surface area contributed by atoms with Gasteiger partial charge in [0.15, 0.2) is 0 Å². The number of carbonyl (C=O) groups is 1. The van der Waals surface area contributed by atoms with Gasteiger partial charge in [-0.05, 0) is 56.8 Å². The summed E-state index contributed by atoms with van der Waals surface area (Å²) in [5.74, 6) is 3.04. The molecule has 0 saturated heterocycles. The van der Waals surface area contributed by atoms with E-state index in [1.807, 2.05) is 0 Å². The van der Waals surface area contributed by atoms with Crippen molar-refractivity contribution >= 4 is 5.91 Å². The van der Waals surface area contributed by atoms with E-state index < -0.39 is 0 Å². The van der Waals surface area contributed by atoms with E-state index in [1.165, 1.54) is 45.4 Å². The molecule has 2 aliphatic rings. The summed E-state index contributed by atoms with van der Waals surface area (Å²) in [5, 5.41) is 0. The summed E-state index contributed by atoms with van der Waals surface area (Å²) in [7, 11) is 0. The van der Waals surface area contributed by atoms with Crippen molar-refractivity contribution in [2.75, 3.05) is 0 Å². The number of carbonyl (C=O) groups excluding carboxylic acids is 1. The molecule has 2 fully saturated rings. The van der Waals surface area contributed by atoms with Gasteiger partial charge >= 0.3 is 0 Å². The van der Waals surface area contributed by atoms with Crippen LogP contribution in [0.4, 0.5) is 0 Å². The Morgan fingerprint density at radius 2 is 2.19 bits per heavy atom. The Balaban J connectivity index is 1.62. The number of nitrogens with one attached hydrogen (secondary N) is 2. The molecule has 0 aromatic heterocycles. The summed E-state index contributed by atoms with van der Waals surface area (Å²) in [6.45, 7) is 3.68. The van der Waals surface area contributed by atoms with Crippen LogP contribution < -0.4 is 10.9 Å². The second-order valence-corrected chi connectivity index (χ2v) is 5.74. The first-order chi connectivity index (χ1) is 7.65. The molecule has 4 unspecified atom stereocenters. The highest BCUT2D eigenvalue weighted by molar-refractivity contribution is 5.72. The zero-order valence-electron chi connectivity index (χ0n) is 10.5. The fourth-order valence-electron chi connectivity index (χ4n) is 3.49. The van der Waals surface area contributed by atoms with Gasteiger partial charge in [-0.3, -0.25) is 10.2 Å². The largest absolute Gasteiger partial charge is 0.292 e. The maximum Gasteiger partial charge on any atom is 0.230 e. The molecule has 16 heavy (non-hydrogen) atoms. The summed E-state index contributed by atoms with van der Waals surface area (Å²) in [4.78, 5) is 10.7. The molecule has 0 heterocycles. The molecule has 0 aromatic rings. The van der Waals surface area contributed by atoms with Crippen molar-refractivity contribution in [1.29, 1.82) is 0 Å². The minimum Gasteiger partial charge on any atom is -0.292 e. The molecule has 2 rings (SSSR count). The molecule has 2 bridgehead atoms. The van der Waals surface area contributed by atoms with Crippen molar-refractivity contribution in [3.8, 4) is 0 Å². The maximum absolute atomic E-state index is 10.7. The average Bonchev–Trinajstić information content (AvgIpc) is 2.84. The molecular weight excluding hydrogens is 200 g/mol. The van der Waals surface area contributed by atoms with Crippen molar-refractivity contribution in [2.24, 2.45) is 17.8 Å². The van der Waals surface area contributed by atoms with E-state index in [-0.39, 0.29) is 5.91 Å². The van der Waals surface area contributed by atoms with Gasteiger partial charge in [0.25, 0.3) is 0 Å². The second-order valence-electron chi connectivity index (χ2n) is 5.74. The van der Waals surface area contributed by atoms with Gasteiger partial charge < -0.3 is 0 Å². The molecule has 2 aliphatic carbocycles. The predicted octanol–water partition coefficient (Wildman–Crippen LogP) is 2.23. The number of hydrogen-bond donors (Lipinski definition) is 2. The van der Waals surface area contributed by atoms with Gasteiger partial charge in [-0.15, -0.1) is 0 Å². The van der Waals surface area contributed by atoms with E-state index in [9.17, 15) is 4.79 Å². The lowest BCUT2D eigenvalue weighted by Crippen LogP contribution is -2.42. The van der Waals surface area contributed by atoms with Crippen LogP contribution in [0.15, 0.2) is 0 Å². The van der Waals surface area contributed by atoms with Crippen LogP contribution in [-0.2, 0) is 4.79 Å². The Morgan fingerprint density at radius 1 is 1.38 bits per heavy atom. The van der Waals surface area contributed by atoms with E-state index in [4.69, 9.17) is 0 Å². The van der Waals surface area contributed by atoms with E-state index in [0.717, 1.165) is 17.8 Å². The minimum absolute atomic E-state index is 0.00762. The summed E-state index contributed by atoms with van der Waals surface area (Å²) in [5.41, 5.74) is 5.72. The van der Waals surface area contributed by atoms with Gasteiger partial charge in [-0.1, -0.05) is 6.42 Å². The summed E-state index contributed by atoms with van der Waals surface area (Å²) in [6, 6.07) is 0.392. The van der Waals surface area contributed by atoms with Crippen LogP contribution in [0.3, 0.4) is 0 Å². The van der Waals surface area contributed by atoms with Gasteiger partial charge in [-0.25, -0.2) is 5.43 Å². The fourth-order valence-corrected chi connectivity index (χ4v) is 3.49. The van der Waals surface area contributed by atoms with Crippen LogP contribution in [0.25, 0.3) is 0 Å². The molecule has 1 amide bonds. The molecule has 0 radical (unpaired) electrons. The summed E-state index contributed by atoms with van der Waals surface area (Å²) < 4.78 is 0. The van der Waals surface area contributed by atoms with E-state index in [2.05, 4.69) is 17.8 Å². The number of hydrazine groups is 1. The molecule has 3 nitrogen and oxygen atoms in total. The third kappa shape index (κ3) is 2.97. The summed E-state index contributed by atoms with van der Waals surface area (Å²) >= 11 is 0. The van der Waals surface area contributed by atoms with Crippen LogP contribution in [-0.4, -0.2) is 11.9 Å². The highest BCUT2D eigenvalue weighted by Crippen LogP contribution is 2.49. The first-order valence-electron chi connectivity index (χ1n) is 6.67. The van der Waals surface area contributed by atoms with Gasteiger partial charge in [0.2, 0.25) is 5.91 Å². The zero-order chi connectivity index (χ0) is 11.5. The van der Waals surface area contributed by atoms with Crippen molar-refractivity contribution < 1.29 is 4.79 Å². The molecule has 0 aliphatic heterocycles. The smallest absolute Gasteiger partial charge is 0.230 e. The monoisotopic (exact) mass is 224 g/mol. The number of amides is 1. The van der Waals surface area contributed by atoms with Crippen LogP contribution >= 0.6 is 0 Å². The van der Waals surface area contributed by atoms with Crippen LogP contribution in [0, 0.1) is 17.8 Å². The van der Waals surface area contributed by atoms with E-state index >= 15 is 0 Å². The maximum atomic E-state index is 10.7. The van der Waals surface area contributed by atoms with Crippen molar-refractivity contribution in [1.82, 2.24) is 10.9 Å². The standard InChI is InChI=1S/C13H24N2O/c1-9(14-15-10(2)16)3-5-12-7-11-4-6-13(12)8-11/h9,11-14H,3-8H2,1-2H3,(H,15,16). The third-order valence-corrected chi connectivity index (χ3v) is 4.35. The SMILES string of the molecule is CC(=O)NNC(C)CCC1CC2CCC1C2. The zero-order valence-corrected chi connectivity index (χ0v) is 10.5. The normalized spacial score (nSPS) is 34.0. The Labute approximate surface area is 98.3 Å². The third-order valence-electron chi connectivity index (χ3n) is 4.35. The molecule has 2 N–H and O–H groups in total. The van der Waals surface area contributed by atoms with Crippen LogP contribution in [0.1, 0.15) is 52.4 Å². The molecular formula is C13H24N2O. The number of hydrogen-bond acceptors (Lipinski definition) is 2. The molecule has 0 aromatic carbocycles. The van der Waals surface area contributed by atoms with Gasteiger partial charge in [-0.2, -0.15) is 0 Å². The predicted molar refractivity (Wildman–Crippen MR) is 64.6 cm³/mol. The molecule has 2 saturated carbocycles. The van der Waals surface area contributed by atoms with E-state index in [1.54, 1.807) is 0 Å². The first kappa shape index (κ1) is 11.9. The molecule has 4 atom stereocenters. The highest BCUT2D eigenvalue weighted by atomic mass is 16.2. The first-order valence-corrected chi connectivity index (χ1v) is 6.67. The number of rotatable bonds is 5. The lowest BCUT2D eigenvalue weighted by atomic mass is 9.85. The summed E-state index contributed by atoms with van der Waals surface area (Å²) in [6.07, 6.45) is 8.43. The lowest BCUT2D eigenvalue weighted by molar-refractivity contribution is -0.120. The molecule has 0 spiro atoms.